The number of hydrogen-bond donors (Lipinski definition) is 6. The monoisotopic (exact) mass is 678 g/mol. The minimum Gasteiger partial charge on any atom is -0.503 e. The SMILES string of the molecule is O=C(NCc1ccc(C(F)(F)F)cc1)Nc1cc(F)cc(F)c1O.O=C(Nc1cc(Cl)cc(Cl)c1)Nc1cc(F)cc(F)c1O. The number of anilines is 3. The van der Waals surface area contributed by atoms with Crippen molar-refractivity contribution in [2.75, 3.05) is 16.0 Å². The highest BCUT2D eigenvalue weighted by Gasteiger charge is 2.29. The first-order valence-electron chi connectivity index (χ1n) is 12.1. The molecule has 0 saturated heterocycles. The molecule has 45 heavy (non-hydrogen) atoms. The maximum absolute atomic E-state index is 13.1. The van der Waals surface area contributed by atoms with Gasteiger partial charge < -0.3 is 31.5 Å². The molecular formula is C28H19Cl2F7N4O4. The smallest absolute Gasteiger partial charge is 0.416 e. The first-order valence-corrected chi connectivity index (χ1v) is 12.9. The van der Waals surface area contributed by atoms with Crippen LogP contribution in [0.2, 0.25) is 10.0 Å². The normalized spacial score (nSPS) is 10.8. The van der Waals surface area contributed by atoms with Crippen molar-refractivity contribution < 1.29 is 50.5 Å². The summed E-state index contributed by atoms with van der Waals surface area (Å²) in [6, 6.07) is 9.15. The molecule has 0 atom stereocenters. The number of phenolic OH excluding ortho intramolecular Hbond substituents is 2. The molecule has 0 aromatic heterocycles. The lowest BCUT2D eigenvalue weighted by atomic mass is 10.1. The molecule has 0 aliphatic rings. The van der Waals surface area contributed by atoms with E-state index in [1.807, 2.05) is 5.32 Å². The van der Waals surface area contributed by atoms with E-state index in [0.717, 1.165) is 24.3 Å². The fourth-order valence-electron chi connectivity index (χ4n) is 3.39. The van der Waals surface area contributed by atoms with Gasteiger partial charge in [-0.25, -0.2) is 27.2 Å². The molecule has 0 aliphatic heterocycles. The molecule has 0 aliphatic carbocycles. The average Bonchev–Trinajstić information content (AvgIpc) is 2.92. The number of rotatable bonds is 5. The molecule has 0 heterocycles. The van der Waals surface area contributed by atoms with E-state index in [1.165, 1.54) is 30.3 Å². The van der Waals surface area contributed by atoms with Crippen LogP contribution in [0.4, 0.5) is 57.4 Å². The topological polar surface area (TPSA) is 123 Å². The lowest BCUT2D eigenvalue weighted by molar-refractivity contribution is -0.137. The number of phenols is 2. The van der Waals surface area contributed by atoms with Crippen molar-refractivity contribution in [2.45, 2.75) is 12.7 Å². The van der Waals surface area contributed by atoms with E-state index >= 15 is 0 Å². The van der Waals surface area contributed by atoms with Crippen LogP contribution in [0.3, 0.4) is 0 Å². The van der Waals surface area contributed by atoms with Crippen molar-refractivity contribution in [1.82, 2.24) is 5.32 Å². The third kappa shape index (κ3) is 10.4. The molecule has 4 aromatic rings. The van der Waals surface area contributed by atoms with Crippen molar-refractivity contribution in [1.29, 1.82) is 0 Å². The van der Waals surface area contributed by atoms with Gasteiger partial charge in [-0.15, -0.1) is 0 Å². The van der Waals surface area contributed by atoms with Crippen LogP contribution in [0, 0.1) is 23.3 Å². The van der Waals surface area contributed by atoms with E-state index in [2.05, 4.69) is 16.0 Å². The van der Waals surface area contributed by atoms with E-state index in [-0.39, 0.29) is 12.2 Å². The third-order valence-electron chi connectivity index (χ3n) is 5.41. The van der Waals surface area contributed by atoms with Gasteiger partial charge in [0.1, 0.15) is 11.6 Å². The summed E-state index contributed by atoms with van der Waals surface area (Å²) in [5.74, 6) is -6.16. The van der Waals surface area contributed by atoms with Gasteiger partial charge in [-0.3, -0.25) is 0 Å². The Balaban J connectivity index is 0.000000248. The van der Waals surface area contributed by atoms with Crippen LogP contribution >= 0.6 is 23.2 Å². The summed E-state index contributed by atoms with van der Waals surface area (Å²) in [5, 5.41) is 28.2. The lowest BCUT2D eigenvalue weighted by Gasteiger charge is -2.11. The van der Waals surface area contributed by atoms with Gasteiger partial charge in [-0.1, -0.05) is 35.3 Å². The van der Waals surface area contributed by atoms with Crippen molar-refractivity contribution >= 4 is 52.3 Å². The number of amides is 4. The van der Waals surface area contributed by atoms with E-state index in [9.17, 15) is 50.5 Å². The highest BCUT2D eigenvalue weighted by atomic mass is 35.5. The first-order chi connectivity index (χ1) is 21.0. The van der Waals surface area contributed by atoms with E-state index in [0.29, 0.717) is 27.7 Å². The Hall–Kier alpha value is -4.89. The molecular weight excluding hydrogens is 660 g/mol. The van der Waals surface area contributed by atoms with Crippen molar-refractivity contribution in [3.63, 3.8) is 0 Å². The molecule has 0 fully saturated rings. The second kappa shape index (κ2) is 14.7. The summed E-state index contributed by atoms with van der Waals surface area (Å²) in [4.78, 5) is 23.3. The van der Waals surface area contributed by atoms with Crippen LogP contribution in [0.15, 0.2) is 66.7 Å². The second-order valence-electron chi connectivity index (χ2n) is 8.81. The number of aromatic hydroxyl groups is 2. The lowest BCUT2D eigenvalue weighted by Crippen LogP contribution is -2.28. The fourth-order valence-corrected chi connectivity index (χ4v) is 3.92. The fraction of sp³-hybridized carbons (Fsp3) is 0.0714. The highest BCUT2D eigenvalue weighted by Crippen LogP contribution is 2.30. The number of benzene rings is 4. The number of alkyl halides is 3. The number of carbonyl (C=O) groups is 2. The number of halogens is 9. The summed E-state index contributed by atoms with van der Waals surface area (Å²) in [5.41, 5.74) is -1.04. The van der Waals surface area contributed by atoms with Gasteiger partial charge in [-0.2, -0.15) is 13.2 Å². The van der Waals surface area contributed by atoms with Gasteiger partial charge in [-0.05, 0) is 35.9 Å². The van der Waals surface area contributed by atoms with E-state index in [4.69, 9.17) is 23.2 Å². The Bertz CT molecular complexity index is 1690. The van der Waals surface area contributed by atoms with Crippen LogP contribution in [0.5, 0.6) is 11.5 Å². The molecule has 0 radical (unpaired) electrons. The third-order valence-corrected chi connectivity index (χ3v) is 5.84. The highest BCUT2D eigenvalue weighted by molar-refractivity contribution is 6.35. The van der Waals surface area contributed by atoms with Crippen molar-refractivity contribution in [2.24, 2.45) is 0 Å². The molecule has 4 amide bonds. The molecule has 0 bridgehead atoms. The van der Waals surface area contributed by atoms with Crippen LogP contribution < -0.4 is 21.3 Å². The van der Waals surface area contributed by atoms with Crippen molar-refractivity contribution in [3.05, 3.63) is 111 Å². The van der Waals surface area contributed by atoms with Crippen molar-refractivity contribution in [3.8, 4) is 11.5 Å². The average molecular weight is 679 g/mol. The predicted octanol–water partition coefficient (Wildman–Crippen LogP) is 8.63. The summed E-state index contributed by atoms with van der Waals surface area (Å²) < 4.78 is 89.6. The van der Waals surface area contributed by atoms with Crippen LogP contribution in [-0.2, 0) is 12.7 Å². The Labute approximate surface area is 259 Å². The Morgan fingerprint density at radius 1 is 0.667 bits per heavy atom. The zero-order valence-corrected chi connectivity index (χ0v) is 23.7. The molecule has 0 saturated carbocycles. The summed E-state index contributed by atoms with van der Waals surface area (Å²) in [7, 11) is 0. The Morgan fingerprint density at radius 2 is 1.13 bits per heavy atom. The Kier molecular flexibility index (Phi) is 11.3. The molecule has 4 rings (SSSR count). The molecule has 0 unspecified atom stereocenters. The minimum absolute atomic E-state index is 0.122. The predicted molar refractivity (Wildman–Crippen MR) is 152 cm³/mol. The molecule has 8 nitrogen and oxygen atoms in total. The number of carbonyl (C=O) groups excluding carboxylic acids is 2. The summed E-state index contributed by atoms with van der Waals surface area (Å²) >= 11 is 11.5. The van der Waals surface area contributed by atoms with Crippen LogP contribution in [-0.4, -0.2) is 22.3 Å². The summed E-state index contributed by atoms with van der Waals surface area (Å²) in [6.07, 6.45) is -4.46. The number of hydrogen-bond acceptors (Lipinski definition) is 4. The van der Waals surface area contributed by atoms with Crippen LogP contribution in [0.1, 0.15) is 11.1 Å². The first kappa shape index (κ1) is 34.6. The molecule has 6 N–H and O–H groups in total. The molecule has 17 heteroatoms. The van der Waals surface area contributed by atoms with Gasteiger partial charge in [0.25, 0.3) is 0 Å². The van der Waals surface area contributed by atoms with Gasteiger partial charge in [0.05, 0.1) is 16.9 Å². The van der Waals surface area contributed by atoms with E-state index in [1.54, 1.807) is 0 Å². The molecule has 238 valence electrons. The molecule has 0 spiro atoms. The van der Waals surface area contributed by atoms with E-state index < -0.39 is 69.9 Å². The largest absolute Gasteiger partial charge is 0.503 e. The quantitative estimate of drug-likeness (QED) is 0.0934. The number of nitrogens with one attached hydrogen (secondary N) is 4. The maximum atomic E-state index is 13.1. The maximum Gasteiger partial charge on any atom is 0.416 e. The zero-order valence-electron chi connectivity index (χ0n) is 22.2. The van der Waals surface area contributed by atoms with Gasteiger partial charge in [0, 0.05) is 46.5 Å². The second-order valence-corrected chi connectivity index (χ2v) is 9.68. The van der Waals surface area contributed by atoms with Crippen LogP contribution in [0.25, 0.3) is 0 Å². The zero-order chi connectivity index (χ0) is 33.5. The van der Waals surface area contributed by atoms with Gasteiger partial charge in [0.15, 0.2) is 23.1 Å². The van der Waals surface area contributed by atoms with Gasteiger partial charge >= 0.3 is 18.2 Å². The minimum atomic E-state index is -4.46. The number of urea groups is 2. The molecule has 4 aromatic carbocycles. The van der Waals surface area contributed by atoms with Gasteiger partial charge in [0.2, 0.25) is 0 Å². The summed E-state index contributed by atoms with van der Waals surface area (Å²) in [6.45, 7) is -0.122. The standard InChI is InChI=1S/C15H11F5N2O2.C13H8Cl2F2N2O2/c16-10-5-11(17)13(23)12(6-10)22-14(24)21-7-8-1-3-9(4-2-8)15(18,19)20;14-6-1-7(15)3-9(2-6)18-13(21)19-11-5-8(16)4-10(17)12(11)20/h1-6,23H,7H2,(H2,21,22,24);1-5,20H,(H2,18,19,21). The Morgan fingerprint density at radius 3 is 1.60 bits per heavy atom.